The van der Waals surface area contributed by atoms with Gasteiger partial charge in [-0.1, -0.05) is 48.5 Å². The van der Waals surface area contributed by atoms with Gasteiger partial charge in [-0.15, -0.1) is 0 Å². The van der Waals surface area contributed by atoms with E-state index >= 15 is 0 Å². The predicted molar refractivity (Wildman–Crippen MR) is 388 cm³/mol. The lowest BCUT2D eigenvalue weighted by Crippen LogP contribution is -2.39. The summed E-state index contributed by atoms with van der Waals surface area (Å²) in [6, 6.07) is 0. The number of ether oxygens (including phenoxy) is 6. The van der Waals surface area contributed by atoms with Crippen LogP contribution >= 0.6 is 0 Å². The van der Waals surface area contributed by atoms with E-state index in [1.165, 1.54) is 7.11 Å². The summed E-state index contributed by atoms with van der Waals surface area (Å²) in [5, 5.41) is 86.5. The van der Waals surface area contributed by atoms with Crippen LogP contribution in [0.3, 0.4) is 0 Å². The van der Waals surface area contributed by atoms with Crippen molar-refractivity contribution in [3.63, 3.8) is 0 Å². The molecule has 32 nitrogen and oxygen atoms in total. The first-order chi connectivity index (χ1) is 48.1. The summed E-state index contributed by atoms with van der Waals surface area (Å²) in [6.07, 6.45) is 7.59. The highest BCUT2D eigenvalue weighted by molar-refractivity contribution is 5.73. The lowest BCUT2D eigenvalue weighted by molar-refractivity contribution is -0.156. The summed E-state index contributed by atoms with van der Waals surface area (Å²) in [5.74, 6) is -3.08. The fourth-order valence-corrected chi connectivity index (χ4v) is 8.83. The molecule has 101 heavy (non-hydrogen) atoms. The molecule has 0 rings (SSSR count). The number of hydrogen-bond acceptors (Lipinski definition) is 30. The molecule has 0 saturated heterocycles. The summed E-state index contributed by atoms with van der Waals surface area (Å²) in [7, 11) is 1.37. The summed E-state index contributed by atoms with van der Waals surface area (Å²) in [4.78, 5) is 103. The van der Waals surface area contributed by atoms with Gasteiger partial charge in [0.1, 0.15) is 12.2 Å². The second kappa shape index (κ2) is 82.4. The van der Waals surface area contributed by atoms with Gasteiger partial charge in [0.2, 0.25) is 0 Å². The molecule has 0 amide bonds. The van der Waals surface area contributed by atoms with E-state index in [-0.39, 0.29) is 134 Å². The van der Waals surface area contributed by atoms with E-state index in [2.05, 4.69) is 16.6 Å². The maximum atomic E-state index is 11.5. The number of carboxylic acid groups (broad SMARTS) is 2. The number of carbonyl (C=O) groups is 8. The van der Waals surface area contributed by atoms with Crippen molar-refractivity contribution in [1.82, 2.24) is 39.2 Å². The Hall–Kier alpha value is -4.88. The maximum Gasteiger partial charge on any atom is 0.320 e. The first kappa shape index (κ1) is 109. The van der Waals surface area contributed by atoms with Crippen molar-refractivity contribution in [3.05, 3.63) is 0 Å². The highest BCUT2D eigenvalue weighted by Crippen LogP contribution is 2.08. The largest absolute Gasteiger partial charge is 0.481 e. The highest BCUT2D eigenvalue weighted by atomic mass is 16.6. The Morgan fingerprint density at radius 2 is 0.535 bits per heavy atom. The summed E-state index contributed by atoms with van der Waals surface area (Å²) >= 11 is 0. The number of rotatable bonds is 55. The van der Waals surface area contributed by atoms with Crippen LogP contribution in [0.5, 0.6) is 0 Å². The summed E-state index contributed by atoms with van der Waals surface area (Å²) in [6.45, 7) is 40.3. The van der Waals surface area contributed by atoms with E-state index in [9.17, 15) is 43.5 Å². The van der Waals surface area contributed by atoms with Crippen LogP contribution < -0.4 is 0 Å². The number of aliphatic carboxylic acids is 2. The molecule has 32 heteroatoms. The number of aliphatic hydroxyl groups is 8. The van der Waals surface area contributed by atoms with Crippen LogP contribution in [0, 0.1) is 0 Å². The third-order valence-electron chi connectivity index (χ3n) is 13.0. The van der Waals surface area contributed by atoms with Gasteiger partial charge in [-0.05, 0) is 132 Å². The van der Waals surface area contributed by atoms with Gasteiger partial charge in [-0.2, -0.15) is 0 Å². The van der Waals surface area contributed by atoms with Gasteiger partial charge >= 0.3 is 47.8 Å². The van der Waals surface area contributed by atoms with Gasteiger partial charge < -0.3 is 89.3 Å². The fraction of sp³-hybridized carbons (Fsp3) is 0.884. The van der Waals surface area contributed by atoms with E-state index < -0.39 is 17.5 Å². The zero-order valence-electron chi connectivity index (χ0n) is 64.8. The second-order valence-corrected chi connectivity index (χ2v) is 23.5. The summed E-state index contributed by atoms with van der Waals surface area (Å²) in [5.41, 5.74) is -0.436. The molecule has 0 bridgehead atoms. The van der Waals surface area contributed by atoms with E-state index in [1.807, 2.05) is 91.7 Å². The van der Waals surface area contributed by atoms with Crippen LogP contribution in [0.15, 0.2) is 0 Å². The van der Waals surface area contributed by atoms with Crippen molar-refractivity contribution in [2.75, 3.05) is 243 Å². The molecule has 0 unspecified atom stereocenters. The third-order valence-corrected chi connectivity index (χ3v) is 13.0. The predicted octanol–water partition coefficient (Wildman–Crippen LogP) is 1.22. The Balaban J connectivity index is -0.000000208. The van der Waals surface area contributed by atoms with E-state index in [1.54, 1.807) is 25.7 Å². The van der Waals surface area contributed by atoms with Gasteiger partial charge in [0.15, 0.2) is 0 Å². The molecule has 0 aliphatic heterocycles. The number of aliphatic hydroxyl groups excluding tert-OH is 8. The van der Waals surface area contributed by atoms with E-state index in [4.69, 9.17) is 69.6 Å². The van der Waals surface area contributed by atoms with Gasteiger partial charge in [-0.3, -0.25) is 67.8 Å². The average molecular weight is 1470 g/mol. The van der Waals surface area contributed by atoms with Crippen LogP contribution in [0.4, 0.5) is 0 Å². The topological polar surface area (TPSA) is 420 Å². The highest BCUT2D eigenvalue weighted by Gasteiger charge is 2.19. The molecule has 0 aromatic rings. The minimum atomic E-state index is -0.841. The number of esters is 6. The fourth-order valence-electron chi connectivity index (χ4n) is 8.83. The Kier molecular flexibility index (Phi) is 89.3. The van der Waals surface area contributed by atoms with Crippen molar-refractivity contribution < 1.29 is 118 Å². The SMILES string of the molecule is CCCN(CCC(=O)OCC)CCN(CCO)CCC(=O)OCC.CCCN(CCO)CC(=O)O.CCCN(CCO)CC(=O)OC.CCCN(CCO)CC(=O)OC(C)(C)C.CCCN(CCO)CC(=O)OCC.CCCN(CCO)CC(=O)OCCO.CCCN(CCO)CCC(=O)O. The van der Waals surface area contributed by atoms with Crippen molar-refractivity contribution in [2.24, 2.45) is 0 Å². The van der Waals surface area contributed by atoms with Gasteiger partial charge in [0.05, 0.1) is 132 Å². The molecular formula is C69H144N8O24. The van der Waals surface area contributed by atoms with Crippen LogP contribution in [-0.2, 0) is 66.8 Å². The molecule has 0 aromatic heterocycles. The molecule has 10 N–H and O–H groups in total. The molecule has 0 spiro atoms. The van der Waals surface area contributed by atoms with Crippen LogP contribution in [-0.4, -0.2) is 387 Å². The Morgan fingerprint density at radius 3 is 0.812 bits per heavy atom. The Bertz CT molecular complexity index is 1830. The standard InChI is InChI=1S/C17H34N2O5.C11H23NO3.C9H19NO4.C9H19NO3.2C8H17NO3.C7H15NO3/c1-4-9-18(10-7-16(21)23-5-2)12-13-19(14-15-20)11-8-17(22)24-6-3;1-5-6-12(7-8-13)9-10(14)15-11(2,3)4;1-2-3-10(4-5-11)8-9(13)14-7-6-12;1-3-5-10(6-7-11)8-9(12)13-4-2;1-3-4-9(5-6-10)7-8(11)12-2;1-2-4-9(6-7-10)5-3-8(11)12;1-2-3-8(4-5-9)6-7(10)11/h20H,4-15H2,1-3H3;13H,5-9H2,1-4H3;11-12H,2-8H2,1H3;11H,3-8H2,1-2H3;10H,3-7H2,1-2H3;10H,2-7H2,1H3,(H,11,12);9H,2-6H2,1H3,(H,10,11). The van der Waals surface area contributed by atoms with Gasteiger partial charge in [0, 0.05) is 78.5 Å². The normalized spacial score (nSPS) is 10.8. The van der Waals surface area contributed by atoms with Gasteiger partial charge in [-0.25, -0.2) is 0 Å². The molecule has 604 valence electrons. The zero-order chi connectivity index (χ0) is 78.5. The van der Waals surface area contributed by atoms with Crippen molar-refractivity contribution in [2.45, 2.75) is 160 Å². The quantitative estimate of drug-likeness (QED) is 0.0302. The number of methoxy groups -OCH3 is 1. The molecule has 0 saturated carbocycles. The molecule has 0 aromatic carbocycles. The minimum Gasteiger partial charge on any atom is -0.481 e. The molecule has 0 aliphatic rings. The lowest BCUT2D eigenvalue weighted by Gasteiger charge is -2.26. The number of nitrogens with zero attached hydrogens (tertiary/aromatic N) is 8. The zero-order valence-corrected chi connectivity index (χ0v) is 64.8. The van der Waals surface area contributed by atoms with Crippen LogP contribution in [0.1, 0.15) is 154 Å². The van der Waals surface area contributed by atoms with Crippen molar-refractivity contribution >= 4 is 47.8 Å². The average Bonchev–Trinajstić information content (AvgIpc) is 1.02. The molecule has 0 heterocycles. The Morgan fingerprint density at radius 1 is 0.277 bits per heavy atom. The first-order valence-electron chi connectivity index (χ1n) is 36.1. The smallest absolute Gasteiger partial charge is 0.320 e. The molecule has 0 aliphatic carbocycles. The van der Waals surface area contributed by atoms with Crippen molar-refractivity contribution in [3.8, 4) is 0 Å². The summed E-state index contributed by atoms with van der Waals surface area (Å²) < 4.78 is 29.1. The van der Waals surface area contributed by atoms with Crippen LogP contribution in [0.2, 0.25) is 0 Å². The number of carboxylic acids is 2. The van der Waals surface area contributed by atoms with Crippen molar-refractivity contribution in [1.29, 1.82) is 0 Å². The number of carbonyl (C=O) groups excluding carboxylic acids is 6. The van der Waals surface area contributed by atoms with Crippen LogP contribution in [0.25, 0.3) is 0 Å². The Labute approximate surface area is 606 Å². The molecule has 0 radical (unpaired) electrons. The maximum absolute atomic E-state index is 11.5. The van der Waals surface area contributed by atoms with E-state index in [0.717, 1.165) is 104 Å². The second-order valence-electron chi connectivity index (χ2n) is 23.5. The molecule has 0 fully saturated rings. The van der Waals surface area contributed by atoms with Gasteiger partial charge in [0.25, 0.3) is 0 Å². The lowest BCUT2D eigenvalue weighted by atomic mass is 10.2. The third kappa shape index (κ3) is 87.4. The monoisotopic (exact) mass is 1470 g/mol. The minimum absolute atomic E-state index is 0.0211. The molecular weight excluding hydrogens is 1320 g/mol. The molecule has 0 atom stereocenters. The van der Waals surface area contributed by atoms with E-state index in [0.29, 0.717) is 98.1 Å². The number of hydrogen-bond donors (Lipinski definition) is 10. The first-order valence-corrected chi connectivity index (χ1v) is 36.1.